The number of benzene rings is 1. The first-order valence-electron chi connectivity index (χ1n) is 10.6. The summed E-state index contributed by atoms with van der Waals surface area (Å²) in [6.07, 6.45) is 4.59. The molecule has 8 heteroatoms. The molecule has 1 aliphatic heterocycles. The van der Waals surface area contributed by atoms with Crippen molar-refractivity contribution in [3.05, 3.63) is 66.5 Å². The Morgan fingerprint density at radius 1 is 1.16 bits per heavy atom. The van der Waals surface area contributed by atoms with Crippen LogP contribution >= 0.6 is 0 Å². The lowest BCUT2D eigenvalue weighted by Gasteiger charge is -2.21. The lowest BCUT2D eigenvalue weighted by atomic mass is 9.93. The van der Waals surface area contributed by atoms with E-state index in [-0.39, 0.29) is 11.0 Å². The van der Waals surface area contributed by atoms with Gasteiger partial charge in [0.2, 0.25) is 0 Å². The van der Waals surface area contributed by atoms with Gasteiger partial charge in [-0.2, -0.15) is 5.10 Å². The number of nitrogens with one attached hydrogen (secondary N) is 1. The third-order valence-electron chi connectivity index (χ3n) is 5.76. The van der Waals surface area contributed by atoms with Crippen molar-refractivity contribution in [2.75, 3.05) is 23.3 Å². The van der Waals surface area contributed by atoms with Gasteiger partial charge in [0.1, 0.15) is 11.6 Å². The highest BCUT2D eigenvalue weighted by Gasteiger charge is 2.29. The van der Waals surface area contributed by atoms with Gasteiger partial charge in [-0.1, -0.05) is 32.0 Å². The molecule has 1 aliphatic rings. The van der Waals surface area contributed by atoms with Crippen LogP contribution in [0.25, 0.3) is 16.9 Å². The third kappa shape index (κ3) is 3.87. The molecule has 2 N–H and O–H groups in total. The highest BCUT2D eigenvalue weighted by atomic mass is 16.4. The number of anilines is 3. The molecule has 1 saturated heterocycles. The Kier molecular flexibility index (Phi) is 4.77. The second-order valence-corrected chi connectivity index (χ2v) is 8.87. The van der Waals surface area contributed by atoms with Gasteiger partial charge in [-0.3, -0.25) is 0 Å². The summed E-state index contributed by atoms with van der Waals surface area (Å²) in [6.45, 7) is 6.53. The Morgan fingerprint density at radius 3 is 2.78 bits per heavy atom. The van der Waals surface area contributed by atoms with E-state index < -0.39 is 5.97 Å². The summed E-state index contributed by atoms with van der Waals surface area (Å²) in [5, 5.41) is 17.3. The Morgan fingerprint density at radius 2 is 2.00 bits per heavy atom. The summed E-state index contributed by atoms with van der Waals surface area (Å²) in [6, 6.07) is 14.6. The molecule has 0 unspecified atom stereocenters. The van der Waals surface area contributed by atoms with E-state index in [2.05, 4.69) is 34.1 Å². The average Bonchev–Trinajstić information content (AvgIpc) is 3.40. The topological polar surface area (TPSA) is 95.7 Å². The van der Waals surface area contributed by atoms with Crippen molar-refractivity contribution in [2.24, 2.45) is 5.41 Å². The number of carboxylic acids is 1. The number of hydrogen-bond donors (Lipinski definition) is 2. The predicted octanol–water partition coefficient (Wildman–Crippen LogP) is 4.47. The van der Waals surface area contributed by atoms with E-state index in [1.807, 2.05) is 30.3 Å². The third-order valence-corrected chi connectivity index (χ3v) is 5.76. The van der Waals surface area contributed by atoms with Crippen LogP contribution in [0.1, 0.15) is 30.6 Å². The molecule has 0 atom stereocenters. The van der Waals surface area contributed by atoms with Crippen LogP contribution in [-0.2, 0) is 0 Å². The van der Waals surface area contributed by atoms with Crippen molar-refractivity contribution in [3.8, 4) is 11.3 Å². The van der Waals surface area contributed by atoms with Gasteiger partial charge in [0.25, 0.3) is 0 Å². The number of nitrogens with zero attached hydrogens (tertiary/aromatic N) is 5. The maximum atomic E-state index is 11.4. The molecular formula is C24H24N6O2. The Labute approximate surface area is 185 Å². The summed E-state index contributed by atoms with van der Waals surface area (Å²) in [4.78, 5) is 22.9. The highest BCUT2D eigenvalue weighted by Crippen LogP contribution is 2.32. The van der Waals surface area contributed by atoms with Crippen LogP contribution in [0.4, 0.5) is 17.3 Å². The largest absolute Gasteiger partial charge is 0.478 e. The number of pyridine rings is 1. The Hall–Kier alpha value is -3.94. The van der Waals surface area contributed by atoms with Gasteiger partial charge in [0, 0.05) is 31.0 Å². The van der Waals surface area contributed by atoms with Gasteiger partial charge in [-0.15, -0.1) is 0 Å². The summed E-state index contributed by atoms with van der Waals surface area (Å²) in [5.41, 5.74) is 3.26. The first-order chi connectivity index (χ1) is 15.4. The van der Waals surface area contributed by atoms with E-state index in [1.165, 1.54) is 0 Å². The van der Waals surface area contributed by atoms with E-state index in [1.54, 1.807) is 35.1 Å². The lowest BCUT2D eigenvalue weighted by molar-refractivity contribution is 0.0697. The van der Waals surface area contributed by atoms with Crippen molar-refractivity contribution in [1.29, 1.82) is 0 Å². The summed E-state index contributed by atoms with van der Waals surface area (Å²) in [5.74, 6) is 0.692. The fourth-order valence-corrected chi connectivity index (χ4v) is 4.08. The second-order valence-electron chi connectivity index (χ2n) is 8.87. The van der Waals surface area contributed by atoms with Gasteiger partial charge in [0.05, 0.1) is 16.9 Å². The monoisotopic (exact) mass is 428 g/mol. The SMILES string of the molecule is CC1(C)CCN(c2cccc(Nc3cc(-c4cccc(C(=O)O)c4)nn4ccnc34)n2)C1. The first kappa shape index (κ1) is 20.0. The van der Waals surface area contributed by atoms with Gasteiger partial charge >= 0.3 is 5.97 Å². The standard InChI is InChI=1S/C24H24N6O2/c1-24(2)9-11-29(15-24)21-8-4-7-20(27-21)26-19-14-18(28-30-12-10-25-22(19)30)16-5-3-6-17(13-16)23(31)32/h3-8,10,12-14H,9,11,15H2,1-2H3,(H,26,27)(H,31,32). The molecule has 0 amide bonds. The van der Waals surface area contributed by atoms with Crippen molar-refractivity contribution in [2.45, 2.75) is 20.3 Å². The molecule has 0 bridgehead atoms. The molecule has 4 heterocycles. The first-order valence-corrected chi connectivity index (χ1v) is 10.6. The predicted molar refractivity (Wildman–Crippen MR) is 124 cm³/mol. The summed E-state index contributed by atoms with van der Waals surface area (Å²) in [7, 11) is 0. The van der Waals surface area contributed by atoms with Crippen molar-refractivity contribution < 1.29 is 9.90 Å². The molecule has 0 saturated carbocycles. The quantitative estimate of drug-likeness (QED) is 0.484. The van der Waals surface area contributed by atoms with Crippen LogP contribution in [0.3, 0.4) is 0 Å². The zero-order valence-corrected chi connectivity index (χ0v) is 18.0. The molecule has 0 spiro atoms. The molecule has 0 aliphatic carbocycles. The lowest BCUT2D eigenvalue weighted by Crippen LogP contribution is -2.23. The molecule has 162 valence electrons. The molecule has 3 aromatic heterocycles. The van der Waals surface area contributed by atoms with Crippen molar-refractivity contribution in [3.63, 3.8) is 0 Å². The zero-order chi connectivity index (χ0) is 22.3. The maximum Gasteiger partial charge on any atom is 0.335 e. The highest BCUT2D eigenvalue weighted by molar-refractivity contribution is 5.89. The number of carboxylic acid groups (broad SMARTS) is 1. The van der Waals surface area contributed by atoms with Crippen LogP contribution < -0.4 is 10.2 Å². The summed E-state index contributed by atoms with van der Waals surface area (Å²) >= 11 is 0. The fraction of sp³-hybridized carbons (Fsp3) is 0.250. The second kappa shape index (κ2) is 7.64. The van der Waals surface area contributed by atoms with Gasteiger partial charge < -0.3 is 15.3 Å². The van der Waals surface area contributed by atoms with E-state index in [0.29, 0.717) is 22.7 Å². The number of carbonyl (C=O) groups is 1. The Bertz CT molecular complexity index is 1310. The Balaban J connectivity index is 1.50. The molecule has 4 aromatic rings. The maximum absolute atomic E-state index is 11.4. The van der Waals surface area contributed by atoms with Crippen LogP contribution in [0.2, 0.25) is 0 Å². The van der Waals surface area contributed by atoms with Crippen LogP contribution in [-0.4, -0.2) is 43.7 Å². The zero-order valence-electron chi connectivity index (χ0n) is 18.0. The number of fused-ring (bicyclic) bond motifs is 1. The molecule has 1 aromatic carbocycles. The molecule has 5 rings (SSSR count). The number of hydrogen-bond acceptors (Lipinski definition) is 6. The van der Waals surface area contributed by atoms with E-state index in [9.17, 15) is 9.90 Å². The van der Waals surface area contributed by atoms with E-state index in [4.69, 9.17) is 4.98 Å². The molecule has 8 nitrogen and oxygen atoms in total. The average molecular weight is 428 g/mol. The number of aromatic carboxylic acids is 1. The normalized spacial score (nSPS) is 15.2. The smallest absolute Gasteiger partial charge is 0.335 e. The van der Waals surface area contributed by atoms with Crippen molar-refractivity contribution >= 4 is 28.9 Å². The van der Waals surface area contributed by atoms with Crippen LogP contribution in [0, 0.1) is 5.41 Å². The summed E-state index contributed by atoms with van der Waals surface area (Å²) < 4.78 is 1.68. The molecule has 32 heavy (non-hydrogen) atoms. The number of aromatic nitrogens is 4. The van der Waals surface area contributed by atoms with Crippen molar-refractivity contribution in [1.82, 2.24) is 19.6 Å². The van der Waals surface area contributed by atoms with Gasteiger partial charge in [0.15, 0.2) is 5.65 Å². The number of rotatable bonds is 5. The van der Waals surface area contributed by atoms with E-state index >= 15 is 0 Å². The van der Waals surface area contributed by atoms with Gasteiger partial charge in [-0.25, -0.2) is 19.3 Å². The fourth-order valence-electron chi connectivity index (χ4n) is 4.08. The minimum absolute atomic E-state index is 0.215. The van der Waals surface area contributed by atoms with E-state index in [0.717, 1.165) is 31.0 Å². The number of imidazole rings is 1. The van der Waals surface area contributed by atoms with Crippen LogP contribution in [0.5, 0.6) is 0 Å². The molecule has 0 radical (unpaired) electrons. The van der Waals surface area contributed by atoms with Gasteiger partial charge in [-0.05, 0) is 42.2 Å². The minimum Gasteiger partial charge on any atom is -0.478 e. The molecule has 1 fully saturated rings. The van der Waals surface area contributed by atoms with Crippen LogP contribution in [0.15, 0.2) is 60.9 Å². The minimum atomic E-state index is -0.972. The molecular weight excluding hydrogens is 404 g/mol.